The highest BCUT2D eigenvalue weighted by Crippen LogP contribution is 2.24. The summed E-state index contributed by atoms with van der Waals surface area (Å²) in [5.74, 6) is -0.928. The number of hydrogen-bond donors (Lipinski definition) is 2. The van der Waals surface area contributed by atoms with Gasteiger partial charge in [-0.25, -0.2) is 4.98 Å². The largest absolute Gasteiger partial charge is 0.481 e. The number of carboxylic acids is 1. The van der Waals surface area contributed by atoms with E-state index in [0.29, 0.717) is 6.54 Å². The van der Waals surface area contributed by atoms with Gasteiger partial charge in [-0.2, -0.15) is 0 Å². The zero-order valence-corrected chi connectivity index (χ0v) is 14.0. The number of anilines is 2. The van der Waals surface area contributed by atoms with Crippen LogP contribution in [-0.4, -0.2) is 34.0 Å². The summed E-state index contributed by atoms with van der Waals surface area (Å²) in [5.41, 5.74) is 3.25. The lowest BCUT2D eigenvalue weighted by molar-refractivity contribution is -0.143. The predicted molar refractivity (Wildman–Crippen MR) is 92.2 cm³/mol. The minimum absolute atomic E-state index is 0.243. The standard InChI is InChI=1S/C17H21N3O2S/c1-12-4-6-14(7-5-12)18-17-19-15(11-23-17)10-20-8-2-3-13(9-20)16(21)22/h4-7,11,13H,2-3,8-10H2,1H3,(H,18,19)(H,21,22). The summed E-state index contributed by atoms with van der Waals surface area (Å²) >= 11 is 1.58. The van der Waals surface area contributed by atoms with Gasteiger partial charge in [0, 0.05) is 24.2 Å². The molecule has 1 unspecified atom stereocenters. The fourth-order valence-electron chi connectivity index (χ4n) is 2.83. The third kappa shape index (κ3) is 4.30. The first-order chi connectivity index (χ1) is 11.1. The Bertz CT molecular complexity index is 669. The van der Waals surface area contributed by atoms with Gasteiger partial charge in [-0.05, 0) is 38.4 Å². The summed E-state index contributed by atoms with van der Waals surface area (Å²) in [5, 5.41) is 15.4. The molecule has 0 spiro atoms. The van der Waals surface area contributed by atoms with Crippen LogP contribution in [0.4, 0.5) is 10.8 Å². The van der Waals surface area contributed by atoms with Crippen LogP contribution < -0.4 is 5.32 Å². The summed E-state index contributed by atoms with van der Waals surface area (Å²) in [4.78, 5) is 17.9. The van der Waals surface area contributed by atoms with E-state index < -0.39 is 5.97 Å². The van der Waals surface area contributed by atoms with Gasteiger partial charge in [0.1, 0.15) is 0 Å². The lowest BCUT2D eigenvalue weighted by Gasteiger charge is -2.29. The molecule has 0 aliphatic carbocycles. The van der Waals surface area contributed by atoms with Gasteiger partial charge in [-0.1, -0.05) is 17.7 Å². The molecule has 0 bridgehead atoms. The zero-order chi connectivity index (χ0) is 16.2. The molecular formula is C17H21N3O2S. The van der Waals surface area contributed by atoms with E-state index in [0.717, 1.165) is 42.4 Å². The average molecular weight is 331 g/mol. The molecule has 1 aliphatic rings. The maximum Gasteiger partial charge on any atom is 0.307 e. The van der Waals surface area contributed by atoms with E-state index in [1.807, 2.05) is 17.5 Å². The van der Waals surface area contributed by atoms with Crippen LogP contribution in [0.15, 0.2) is 29.6 Å². The molecule has 23 heavy (non-hydrogen) atoms. The third-order valence-electron chi connectivity index (χ3n) is 4.09. The van der Waals surface area contributed by atoms with E-state index in [9.17, 15) is 4.79 Å². The number of benzene rings is 1. The SMILES string of the molecule is Cc1ccc(Nc2nc(CN3CCCC(C(=O)O)C3)cs2)cc1. The Morgan fingerprint density at radius 3 is 2.96 bits per heavy atom. The van der Waals surface area contributed by atoms with Gasteiger partial charge >= 0.3 is 5.97 Å². The molecule has 2 N–H and O–H groups in total. The highest BCUT2D eigenvalue weighted by Gasteiger charge is 2.25. The molecule has 1 aliphatic heterocycles. The van der Waals surface area contributed by atoms with E-state index in [2.05, 4.69) is 34.3 Å². The van der Waals surface area contributed by atoms with Crippen molar-refractivity contribution < 1.29 is 9.90 Å². The minimum Gasteiger partial charge on any atom is -0.481 e. The Morgan fingerprint density at radius 2 is 2.22 bits per heavy atom. The van der Waals surface area contributed by atoms with Crippen molar-refractivity contribution >= 4 is 28.1 Å². The van der Waals surface area contributed by atoms with Gasteiger partial charge in [0.15, 0.2) is 5.13 Å². The third-order valence-corrected chi connectivity index (χ3v) is 4.90. The van der Waals surface area contributed by atoms with Gasteiger partial charge in [-0.3, -0.25) is 9.69 Å². The molecular weight excluding hydrogens is 310 g/mol. The van der Waals surface area contributed by atoms with Gasteiger partial charge < -0.3 is 10.4 Å². The highest BCUT2D eigenvalue weighted by atomic mass is 32.1. The van der Waals surface area contributed by atoms with Crippen LogP contribution >= 0.6 is 11.3 Å². The molecule has 0 saturated carbocycles. The average Bonchev–Trinajstić information content (AvgIpc) is 2.97. The van der Waals surface area contributed by atoms with Crippen LogP contribution in [0, 0.1) is 12.8 Å². The van der Waals surface area contributed by atoms with Crippen LogP contribution in [-0.2, 0) is 11.3 Å². The Hall–Kier alpha value is -1.92. The number of likely N-dealkylation sites (tertiary alicyclic amines) is 1. The topological polar surface area (TPSA) is 65.5 Å². The molecule has 1 fully saturated rings. The second kappa shape index (κ2) is 7.10. The van der Waals surface area contributed by atoms with Crippen LogP contribution in [0.1, 0.15) is 24.1 Å². The molecule has 5 nitrogen and oxygen atoms in total. The number of piperidine rings is 1. The number of carbonyl (C=O) groups is 1. The van der Waals surface area contributed by atoms with E-state index in [1.165, 1.54) is 5.56 Å². The first-order valence-electron chi connectivity index (χ1n) is 7.83. The lowest BCUT2D eigenvalue weighted by atomic mass is 9.98. The molecule has 0 amide bonds. The number of nitrogens with zero attached hydrogens (tertiary/aromatic N) is 2. The van der Waals surface area contributed by atoms with Crippen LogP contribution in [0.3, 0.4) is 0 Å². The first kappa shape index (κ1) is 16.0. The van der Waals surface area contributed by atoms with Gasteiger partial charge in [0.05, 0.1) is 11.6 Å². The Morgan fingerprint density at radius 1 is 1.43 bits per heavy atom. The number of rotatable bonds is 5. The van der Waals surface area contributed by atoms with E-state index in [1.54, 1.807) is 11.3 Å². The highest BCUT2D eigenvalue weighted by molar-refractivity contribution is 7.13. The fourth-order valence-corrected chi connectivity index (χ4v) is 3.55. The van der Waals surface area contributed by atoms with Crippen molar-refractivity contribution in [2.45, 2.75) is 26.3 Å². The fraction of sp³-hybridized carbons (Fsp3) is 0.412. The Labute approximate surface area is 140 Å². The maximum atomic E-state index is 11.1. The molecule has 1 saturated heterocycles. The molecule has 1 aromatic carbocycles. The lowest BCUT2D eigenvalue weighted by Crippen LogP contribution is -2.38. The number of thiazole rings is 1. The molecule has 6 heteroatoms. The quantitative estimate of drug-likeness (QED) is 0.878. The summed E-state index contributed by atoms with van der Waals surface area (Å²) in [7, 11) is 0. The van der Waals surface area contributed by atoms with Crippen molar-refractivity contribution in [2.24, 2.45) is 5.92 Å². The second-order valence-electron chi connectivity index (χ2n) is 6.05. The Kier molecular flexibility index (Phi) is 4.93. The number of aromatic nitrogens is 1. The van der Waals surface area contributed by atoms with Gasteiger partial charge in [-0.15, -0.1) is 11.3 Å². The maximum absolute atomic E-state index is 11.1. The second-order valence-corrected chi connectivity index (χ2v) is 6.91. The van der Waals surface area contributed by atoms with Crippen molar-refractivity contribution in [2.75, 3.05) is 18.4 Å². The number of aliphatic carboxylic acids is 1. The number of aryl methyl sites for hydroxylation is 1. The van der Waals surface area contributed by atoms with E-state index in [-0.39, 0.29) is 5.92 Å². The van der Waals surface area contributed by atoms with Crippen LogP contribution in [0.5, 0.6) is 0 Å². The summed E-state index contributed by atoms with van der Waals surface area (Å²) < 4.78 is 0. The predicted octanol–water partition coefficient (Wildman–Crippen LogP) is 3.49. The molecule has 1 atom stereocenters. The zero-order valence-electron chi connectivity index (χ0n) is 13.2. The van der Waals surface area contributed by atoms with Crippen molar-refractivity contribution in [3.8, 4) is 0 Å². The van der Waals surface area contributed by atoms with Crippen LogP contribution in [0.2, 0.25) is 0 Å². The van der Waals surface area contributed by atoms with Crippen molar-refractivity contribution in [1.29, 1.82) is 0 Å². The van der Waals surface area contributed by atoms with Crippen molar-refractivity contribution in [1.82, 2.24) is 9.88 Å². The minimum atomic E-state index is -0.685. The van der Waals surface area contributed by atoms with Crippen molar-refractivity contribution in [3.05, 3.63) is 40.9 Å². The summed E-state index contributed by atoms with van der Waals surface area (Å²) in [6.45, 7) is 4.35. The first-order valence-corrected chi connectivity index (χ1v) is 8.71. The molecule has 2 heterocycles. The van der Waals surface area contributed by atoms with Gasteiger partial charge in [0.2, 0.25) is 0 Å². The molecule has 2 aromatic rings. The molecule has 3 rings (SSSR count). The number of hydrogen-bond acceptors (Lipinski definition) is 5. The van der Waals surface area contributed by atoms with E-state index in [4.69, 9.17) is 5.11 Å². The van der Waals surface area contributed by atoms with E-state index >= 15 is 0 Å². The van der Waals surface area contributed by atoms with Crippen LogP contribution in [0.25, 0.3) is 0 Å². The number of carboxylic acid groups (broad SMARTS) is 1. The normalized spacial score (nSPS) is 18.7. The molecule has 0 radical (unpaired) electrons. The monoisotopic (exact) mass is 331 g/mol. The molecule has 1 aromatic heterocycles. The number of nitrogens with one attached hydrogen (secondary N) is 1. The summed E-state index contributed by atoms with van der Waals surface area (Å²) in [6.07, 6.45) is 1.72. The van der Waals surface area contributed by atoms with Gasteiger partial charge in [0.25, 0.3) is 0 Å². The summed E-state index contributed by atoms with van der Waals surface area (Å²) in [6, 6.07) is 8.21. The molecule has 122 valence electrons. The smallest absolute Gasteiger partial charge is 0.307 e. The van der Waals surface area contributed by atoms with Crippen molar-refractivity contribution in [3.63, 3.8) is 0 Å². The Balaban J connectivity index is 1.58.